The summed E-state index contributed by atoms with van der Waals surface area (Å²) in [7, 11) is -3.84. The molecule has 1 aromatic heterocycles. The van der Waals surface area contributed by atoms with Gasteiger partial charge < -0.3 is 10.1 Å². The molecule has 10 heteroatoms. The van der Waals surface area contributed by atoms with Gasteiger partial charge in [0.25, 0.3) is 0 Å². The summed E-state index contributed by atoms with van der Waals surface area (Å²) >= 11 is 9.47. The monoisotopic (exact) mass is 539 g/mol. The molecule has 0 saturated carbocycles. The van der Waals surface area contributed by atoms with Crippen LogP contribution in [-0.4, -0.2) is 46.0 Å². The van der Waals surface area contributed by atoms with Gasteiger partial charge in [0.2, 0.25) is 10.0 Å². The molecule has 2 N–H and O–H groups in total. The molecular formula is C22H20BrClFN3O3S. The van der Waals surface area contributed by atoms with Crippen LogP contribution in [-0.2, 0) is 10.0 Å². The number of halogens is 3. The largest absolute Gasteiger partial charge is 0.393 e. The molecule has 2 aromatic carbocycles. The summed E-state index contributed by atoms with van der Waals surface area (Å²) in [5.74, 6) is 0.0632. The Morgan fingerprint density at radius 2 is 1.81 bits per heavy atom. The fourth-order valence-corrected chi connectivity index (χ4v) is 7.38. The Labute approximate surface area is 198 Å². The van der Waals surface area contributed by atoms with E-state index in [4.69, 9.17) is 11.6 Å². The molecule has 32 heavy (non-hydrogen) atoms. The number of piperidine rings is 1. The van der Waals surface area contributed by atoms with Gasteiger partial charge in [0.15, 0.2) is 0 Å². The predicted octanol–water partition coefficient (Wildman–Crippen LogP) is 4.98. The van der Waals surface area contributed by atoms with Crippen LogP contribution in [0.1, 0.15) is 25.7 Å². The zero-order valence-electron chi connectivity index (χ0n) is 16.8. The van der Waals surface area contributed by atoms with E-state index in [0.29, 0.717) is 40.0 Å². The third-order valence-corrected chi connectivity index (χ3v) is 9.34. The summed E-state index contributed by atoms with van der Waals surface area (Å²) in [5.41, 5.74) is 1.78. The number of fused-ring (bicyclic) bond motifs is 2. The number of aliphatic hydroxyl groups is 1. The maximum atomic E-state index is 13.9. The summed E-state index contributed by atoms with van der Waals surface area (Å²) in [6.45, 7) is 0. The second kappa shape index (κ2) is 8.22. The number of H-pyrrole nitrogens is 1. The van der Waals surface area contributed by atoms with Crippen molar-refractivity contribution < 1.29 is 17.9 Å². The van der Waals surface area contributed by atoms with Gasteiger partial charge in [-0.05, 0) is 71.9 Å². The maximum Gasteiger partial charge on any atom is 0.245 e. The number of hydrogen-bond donors (Lipinski definition) is 2. The first-order chi connectivity index (χ1) is 15.2. The van der Waals surface area contributed by atoms with Crippen molar-refractivity contribution in [3.63, 3.8) is 0 Å². The van der Waals surface area contributed by atoms with Crippen molar-refractivity contribution in [1.29, 1.82) is 0 Å². The normalized spacial score (nSPS) is 23.6. The second-order valence-corrected chi connectivity index (χ2v) is 11.3. The summed E-state index contributed by atoms with van der Waals surface area (Å²) in [4.78, 5) is 7.51. The second-order valence-electron chi connectivity index (χ2n) is 8.26. The van der Waals surface area contributed by atoms with Crippen molar-refractivity contribution in [3.05, 3.63) is 57.9 Å². The van der Waals surface area contributed by atoms with Crippen molar-refractivity contribution in [2.45, 2.75) is 48.8 Å². The molecule has 3 aromatic rings. The topological polar surface area (TPSA) is 86.3 Å². The molecule has 1 unspecified atom stereocenters. The van der Waals surface area contributed by atoms with Gasteiger partial charge in [-0.2, -0.15) is 4.31 Å². The number of nitrogens with one attached hydrogen (secondary N) is 1. The van der Waals surface area contributed by atoms with Crippen LogP contribution >= 0.6 is 27.5 Å². The highest BCUT2D eigenvalue weighted by molar-refractivity contribution is 9.10. The lowest BCUT2D eigenvalue weighted by Crippen LogP contribution is -2.47. The minimum Gasteiger partial charge on any atom is -0.393 e. The quantitative estimate of drug-likeness (QED) is 0.489. The average molecular weight is 541 g/mol. The van der Waals surface area contributed by atoms with E-state index in [1.807, 2.05) is 0 Å². The molecule has 2 fully saturated rings. The van der Waals surface area contributed by atoms with Crippen LogP contribution in [0, 0.1) is 5.82 Å². The third-order valence-electron chi connectivity index (χ3n) is 6.21. The highest BCUT2D eigenvalue weighted by Gasteiger charge is 2.47. The number of sulfonamides is 1. The average Bonchev–Trinajstić information content (AvgIpc) is 3.34. The predicted molar refractivity (Wildman–Crippen MR) is 123 cm³/mol. The maximum absolute atomic E-state index is 13.9. The number of aromatic nitrogens is 2. The lowest BCUT2D eigenvalue weighted by Gasteiger charge is -2.36. The number of rotatable bonds is 4. The lowest BCUT2D eigenvalue weighted by molar-refractivity contribution is 0.0769. The van der Waals surface area contributed by atoms with E-state index in [2.05, 4.69) is 25.9 Å². The molecule has 168 valence electrons. The Morgan fingerprint density at radius 3 is 2.50 bits per heavy atom. The van der Waals surface area contributed by atoms with Crippen molar-refractivity contribution >= 4 is 37.6 Å². The van der Waals surface area contributed by atoms with Gasteiger partial charge in [0.05, 0.1) is 27.5 Å². The fourth-order valence-electron chi connectivity index (χ4n) is 4.74. The van der Waals surface area contributed by atoms with E-state index < -0.39 is 16.1 Å². The van der Waals surface area contributed by atoms with Crippen LogP contribution in [0.15, 0.2) is 52.0 Å². The van der Waals surface area contributed by atoms with Gasteiger partial charge in [0.1, 0.15) is 16.5 Å². The molecule has 2 aliphatic rings. The van der Waals surface area contributed by atoms with Gasteiger partial charge in [-0.15, -0.1) is 0 Å². The molecule has 2 bridgehead atoms. The number of aromatic amines is 1. The molecule has 2 saturated heterocycles. The first-order valence-corrected chi connectivity index (χ1v) is 12.9. The van der Waals surface area contributed by atoms with Crippen molar-refractivity contribution in [2.75, 3.05) is 0 Å². The van der Waals surface area contributed by atoms with Gasteiger partial charge in [-0.25, -0.2) is 17.8 Å². The van der Waals surface area contributed by atoms with Crippen molar-refractivity contribution in [1.82, 2.24) is 14.3 Å². The summed E-state index contributed by atoms with van der Waals surface area (Å²) in [6.07, 6.45) is 3.47. The van der Waals surface area contributed by atoms with Gasteiger partial charge in [-0.3, -0.25) is 0 Å². The van der Waals surface area contributed by atoms with Crippen molar-refractivity contribution in [3.8, 4) is 22.6 Å². The van der Waals surface area contributed by atoms with E-state index in [-0.39, 0.29) is 27.8 Å². The Balaban J connectivity index is 1.50. The third kappa shape index (κ3) is 3.80. The van der Waals surface area contributed by atoms with Gasteiger partial charge in [0, 0.05) is 23.2 Å². The van der Waals surface area contributed by atoms with Crippen LogP contribution in [0.5, 0.6) is 0 Å². The number of aliphatic hydroxyl groups excluding tert-OH is 1. The smallest absolute Gasteiger partial charge is 0.245 e. The van der Waals surface area contributed by atoms with Crippen molar-refractivity contribution in [2.24, 2.45) is 0 Å². The molecular weight excluding hydrogens is 521 g/mol. The first kappa shape index (κ1) is 22.0. The van der Waals surface area contributed by atoms with E-state index in [0.717, 1.165) is 12.8 Å². The molecule has 0 aliphatic carbocycles. The van der Waals surface area contributed by atoms with E-state index >= 15 is 0 Å². The number of benzene rings is 2. The molecule has 6 nitrogen and oxygen atoms in total. The highest BCUT2D eigenvalue weighted by atomic mass is 79.9. The minimum atomic E-state index is -3.84. The summed E-state index contributed by atoms with van der Waals surface area (Å²) in [5, 5.41) is 10.2. The lowest BCUT2D eigenvalue weighted by atomic mass is 10.0. The summed E-state index contributed by atoms with van der Waals surface area (Å²) < 4.78 is 42.9. The molecule has 0 amide bonds. The Kier molecular flexibility index (Phi) is 5.66. The molecule has 3 atom stereocenters. The molecule has 3 heterocycles. The number of nitrogens with zero attached hydrogens (tertiary/aromatic N) is 2. The Morgan fingerprint density at radius 1 is 1.12 bits per heavy atom. The van der Waals surface area contributed by atoms with Gasteiger partial charge >= 0.3 is 0 Å². The van der Waals surface area contributed by atoms with Crippen LogP contribution < -0.4 is 0 Å². The van der Waals surface area contributed by atoms with Crippen LogP contribution in [0.4, 0.5) is 4.39 Å². The molecule has 2 aliphatic heterocycles. The van der Waals surface area contributed by atoms with Crippen LogP contribution in [0.25, 0.3) is 22.6 Å². The van der Waals surface area contributed by atoms with Crippen LogP contribution in [0.2, 0.25) is 5.02 Å². The van der Waals surface area contributed by atoms with Gasteiger partial charge in [-0.1, -0.05) is 17.7 Å². The minimum absolute atomic E-state index is 0.0255. The fraction of sp³-hybridized carbons (Fsp3) is 0.318. The zero-order valence-corrected chi connectivity index (χ0v) is 20.0. The van der Waals surface area contributed by atoms with E-state index in [9.17, 15) is 17.9 Å². The zero-order chi connectivity index (χ0) is 22.6. The highest BCUT2D eigenvalue weighted by Crippen LogP contribution is 2.41. The van der Waals surface area contributed by atoms with E-state index in [1.165, 1.54) is 16.4 Å². The molecule has 5 rings (SSSR count). The SMILES string of the molecule is O=S(=O)(c1cc(-c2ncc(-c3ccc(Br)c(F)c3)[nH]2)ccc1Cl)N1C2CC[C@@H]1C[C@@H](O)C2. The standard InChI is InChI=1S/C22H20BrClFN3O3S/c23-17-5-1-12(7-19(17)25)20-11-26-22(27-20)13-2-6-18(24)21(8-13)32(30,31)28-14-3-4-15(28)10-16(29)9-14/h1-2,5-8,11,14-16,29H,3-4,9-10H2,(H,26,27)/t14-,15?,16-/m1/s1. The van der Waals surface area contributed by atoms with E-state index in [1.54, 1.807) is 30.5 Å². The number of hydrogen-bond acceptors (Lipinski definition) is 4. The van der Waals surface area contributed by atoms with Crippen LogP contribution in [0.3, 0.4) is 0 Å². The first-order valence-electron chi connectivity index (χ1n) is 10.3. The Bertz CT molecular complexity index is 1290. The summed E-state index contributed by atoms with van der Waals surface area (Å²) in [6, 6.07) is 9.09. The Hall–Kier alpha value is -1.78. The molecule has 0 spiro atoms. The molecule has 0 radical (unpaired) electrons. The number of imidazole rings is 1.